The van der Waals surface area contributed by atoms with E-state index >= 15 is 0 Å². The first-order chi connectivity index (χ1) is 31.4. The van der Waals surface area contributed by atoms with Gasteiger partial charge in [-0.25, -0.2) is 0 Å². The first-order valence-electron chi connectivity index (χ1n) is 27.0. The number of phosphoric acid groups is 1. The van der Waals surface area contributed by atoms with Crippen LogP contribution in [0.3, 0.4) is 0 Å². The van der Waals surface area contributed by atoms with Crippen LogP contribution >= 0.6 is 7.82 Å². The van der Waals surface area contributed by atoms with Crippen molar-refractivity contribution >= 4 is 19.7 Å². The highest BCUT2D eigenvalue weighted by Gasteiger charge is 2.27. The molecule has 0 aromatic carbocycles. The summed E-state index contributed by atoms with van der Waals surface area (Å²) in [5.74, 6) is -0.561. The number of unbranched alkanes of at least 4 members (excludes halogenated alkanes) is 28. The second kappa shape index (κ2) is 45.7. The van der Waals surface area contributed by atoms with Crippen molar-refractivity contribution in [2.75, 3.05) is 40.9 Å². The molecule has 0 saturated carbocycles. The Hall–Kier alpha value is -2.03. The number of phosphoric ester groups is 1. The number of carbonyl (C=O) groups is 2. The first-order valence-corrected chi connectivity index (χ1v) is 28.4. The molecule has 0 aliphatic rings. The standard InChI is InChI=1S/C55H103N2O7P/c1-7-10-13-16-19-22-25-28-31-34-37-40-43-46-53(64-55(59)48-45-42-39-36-33-30-27-24-21-18-15-12-9-3)52(51-63-65(60,61)62-50-49-57(4,5)6)56-54(58)47-44-41-38-35-32-29-26-23-20-17-14-11-8-2/h11,14,17,20,23,26,43,46,52-53H,7-10,12-13,15-16,18-19,21-22,24-25,27-42,44-45,47-51H2,1-6H3,(H-,56,58,60,61)/b14-11+,20-17+,26-23-,46-43+. The van der Waals surface area contributed by atoms with Gasteiger partial charge in [-0.1, -0.05) is 224 Å². The summed E-state index contributed by atoms with van der Waals surface area (Å²) in [5.41, 5.74) is 0. The van der Waals surface area contributed by atoms with Gasteiger partial charge in [-0.15, -0.1) is 0 Å². The van der Waals surface area contributed by atoms with E-state index in [2.05, 4.69) is 56.5 Å². The summed E-state index contributed by atoms with van der Waals surface area (Å²) in [6.07, 6.45) is 53.6. The smallest absolute Gasteiger partial charge is 0.306 e. The fourth-order valence-corrected chi connectivity index (χ4v) is 8.36. The molecule has 0 bridgehead atoms. The number of hydrogen-bond donors (Lipinski definition) is 1. The number of rotatable bonds is 48. The minimum Gasteiger partial charge on any atom is -0.756 e. The van der Waals surface area contributed by atoms with Gasteiger partial charge in [0, 0.05) is 12.8 Å². The lowest BCUT2D eigenvalue weighted by Gasteiger charge is -2.30. The van der Waals surface area contributed by atoms with E-state index in [1.165, 1.54) is 122 Å². The van der Waals surface area contributed by atoms with E-state index in [4.69, 9.17) is 13.8 Å². The molecule has 0 heterocycles. The minimum atomic E-state index is -4.69. The zero-order valence-electron chi connectivity index (χ0n) is 43.2. The van der Waals surface area contributed by atoms with Crippen LogP contribution in [0.25, 0.3) is 0 Å². The van der Waals surface area contributed by atoms with E-state index in [1.54, 1.807) is 0 Å². The molecule has 0 rings (SSSR count). The van der Waals surface area contributed by atoms with Gasteiger partial charge in [-0.05, 0) is 51.0 Å². The van der Waals surface area contributed by atoms with Gasteiger partial charge >= 0.3 is 5.97 Å². The number of allylic oxidation sites excluding steroid dienone is 7. The molecule has 380 valence electrons. The van der Waals surface area contributed by atoms with E-state index in [-0.39, 0.29) is 24.9 Å². The molecular formula is C55H103N2O7P. The lowest BCUT2D eigenvalue weighted by Crippen LogP contribution is -2.47. The molecule has 0 spiro atoms. The Morgan fingerprint density at radius 1 is 0.554 bits per heavy atom. The Morgan fingerprint density at radius 3 is 1.46 bits per heavy atom. The van der Waals surface area contributed by atoms with Crippen LogP contribution in [0.4, 0.5) is 0 Å². The molecule has 0 aliphatic heterocycles. The number of amides is 1. The summed E-state index contributed by atoms with van der Waals surface area (Å²) in [6.45, 7) is 6.69. The quantitative estimate of drug-likeness (QED) is 0.0161. The third-order valence-electron chi connectivity index (χ3n) is 11.8. The second-order valence-corrected chi connectivity index (χ2v) is 20.8. The number of carbonyl (C=O) groups excluding carboxylic acids is 2. The highest BCUT2D eigenvalue weighted by atomic mass is 31.2. The van der Waals surface area contributed by atoms with E-state index in [0.717, 1.165) is 77.0 Å². The number of ether oxygens (including phenoxy) is 1. The first kappa shape index (κ1) is 63.0. The lowest BCUT2D eigenvalue weighted by atomic mass is 10.0. The van der Waals surface area contributed by atoms with Crippen molar-refractivity contribution in [3.05, 3.63) is 48.6 Å². The zero-order valence-corrected chi connectivity index (χ0v) is 44.1. The monoisotopic (exact) mass is 935 g/mol. The zero-order chi connectivity index (χ0) is 48.0. The summed E-state index contributed by atoms with van der Waals surface area (Å²) < 4.78 is 30.1. The maximum atomic E-state index is 13.4. The van der Waals surface area contributed by atoms with Crippen molar-refractivity contribution in [3.63, 3.8) is 0 Å². The fourth-order valence-electron chi connectivity index (χ4n) is 7.64. The van der Waals surface area contributed by atoms with Crippen molar-refractivity contribution in [3.8, 4) is 0 Å². The molecule has 0 aromatic heterocycles. The Balaban J connectivity index is 5.45. The molecule has 0 radical (unpaired) electrons. The van der Waals surface area contributed by atoms with Gasteiger partial charge in [0.2, 0.25) is 5.91 Å². The molecular weight excluding hydrogens is 832 g/mol. The summed E-state index contributed by atoms with van der Waals surface area (Å²) in [7, 11) is 1.17. The third kappa shape index (κ3) is 46.9. The summed E-state index contributed by atoms with van der Waals surface area (Å²) in [6, 6.07) is -0.894. The van der Waals surface area contributed by atoms with Crippen molar-refractivity contribution in [2.24, 2.45) is 0 Å². The largest absolute Gasteiger partial charge is 0.756 e. The molecule has 0 fully saturated rings. The van der Waals surface area contributed by atoms with Gasteiger partial charge in [0.15, 0.2) is 0 Å². The average Bonchev–Trinajstić information content (AvgIpc) is 3.26. The molecule has 0 saturated heterocycles. The van der Waals surface area contributed by atoms with Crippen molar-refractivity contribution < 1.29 is 37.3 Å². The summed E-state index contributed by atoms with van der Waals surface area (Å²) in [5, 5.41) is 3.00. The molecule has 1 N–H and O–H groups in total. The average molecular weight is 935 g/mol. The van der Waals surface area contributed by atoms with Gasteiger partial charge in [-0.3, -0.25) is 14.2 Å². The van der Waals surface area contributed by atoms with E-state index < -0.39 is 26.6 Å². The topological polar surface area (TPSA) is 114 Å². The van der Waals surface area contributed by atoms with E-state index in [1.807, 2.05) is 39.4 Å². The Morgan fingerprint density at radius 2 is 0.985 bits per heavy atom. The molecule has 3 atom stereocenters. The number of nitrogens with one attached hydrogen (secondary N) is 1. The predicted molar refractivity (Wildman–Crippen MR) is 275 cm³/mol. The number of hydrogen-bond acceptors (Lipinski definition) is 7. The summed E-state index contributed by atoms with van der Waals surface area (Å²) >= 11 is 0. The van der Waals surface area contributed by atoms with Crippen LogP contribution < -0.4 is 10.2 Å². The number of nitrogens with zero attached hydrogens (tertiary/aromatic N) is 1. The van der Waals surface area contributed by atoms with Crippen LogP contribution in [0.1, 0.15) is 239 Å². The van der Waals surface area contributed by atoms with Crippen LogP contribution in [0, 0.1) is 0 Å². The molecule has 3 unspecified atom stereocenters. The SMILES string of the molecule is CC/C=C/C=C/C=C\CCCCCCCC(=O)NC(COP(=O)([O-])OCC[N+](C)(C)C)C(/C=C/CCCCCCCCCCCCC)OC(=O)CCCCCCCCCCCCCCC. The van der Waals surface area contributed by atoms with Crippen molar-refractivity contribution in [1.29, 1.82) is 0 Å². The summed E-state index contributed by atoms with van der Waals surface area (Å²) in [4.78, 5) is 39.7. The van der Waals surface area contributed by atoms with Crippen LogP contribution in [0.15, 0.2) is 48.6 Å². The molecule has 1 amide bonds. The second-order valence-electron chi connectivity index (χ2n) is 19.4. The van der Waals surface area contributed by atoms with E-state index in [9.17, 15) is 19.0 Å². The molecule has 0 aromatic rings. The van der Waals surface area contributed by atoms with Crippen molar-refractivity contribution in [1.82, 2.24) is 5.32 Å². The normalized spacial score (nSPS) is 14.3. The third-order valence-corrected chi connectivity index (χ3v) is 12.8. The number of quaternary nitrogens is 1. The van der Waals surface area contributed by atoms with Crippen LogP contribution in [0.2, 0.25) is 0 Å². The van der Waals surface area contributed by atoms with Gasteiger partial charge < -0.3 is 28.5 Å². The van der Waals surface area contributed by atoms with Crippen LogP contribution in [-0.4, -0.2) is 69.4 Å². The van der Waals surface area contributed by atoms with Gasteiger partial charge in [0.05, 0.1) is 33.8 Å². The minimum absolute atomic E-state index is 0.0261. The fraction of sp³-hybridized carbons (Fsp3) is 0.818. The van der Waals surface area contributed by atoms with Crippen molar-refractivity contribution in [2.45, 2.75) is 251 Å². The number of esters is 1. The molecule has 65 heavy (non-hydrogen) atoms. The Labute approximate surface area is 401 Å². The van der Waals surface area contributed by atoms with Crippen LogP contribution in [-0.2, 0) is 27.9 Å². The van der Waals surface area contributed by atoms with Gasteiger partial charge in [0.1, 0.15) is 19.3 Å². The molecule has 0 aliphatic carbocycles. The van der Waals surface area contributed by atoms with Gasteiger partial charge in [-0.2, -0.15) is 0 Å². The maximum Gasteiger partial charge on any atom is 0.306 e. The maximum absolute atomic E-state index is 13.4. The molecule has 9 nitrogen and oxygen atoms in total. The van der Waals surface area contributed by atoms with Gasteiger partial charge in [0.25, 0.3) is 7.82 Å². The highest BCUT2D eigenvalue weighted by molar-refractivity contribution is 7.45. The molecule has 10 heteroatoms. The highest BCUT2D eigenvalue weighted by Crippen LogP contribution is 2.38. The Kier molecular flexibility index (Phi) is 44.3. The lowest BCUT2D eigenvalue weighted by molar-refractivity contribution is -0.870. The van der Waals surface area contributed by atoms with Crippen LogP contribution in [0.5, 0.6) is 0 Å². The number of likely N-dealkylation sites (N-methyl/N-ethyl adjacent to an activating group) is 1. The van der Waals surface area contributed by atoms with E-state index in [0.29, 0.717) is 23.9 Å². The predicted octanol–water partition coefficient (Wildman–Crippen LogP) is 15.1. The Bertz CT molecular complexity index is 1260.